The fraction of sp³-hybridized carbons (Fsp3) is 0.889. The Labute approximate surface area is 69.2 Å². The summed E-state index contributed by atoms with van der Waals surface area (Å²) >= 11 is 0. The molecule has 1 atom stereocenters. The molecule has 2 N–H and O–H groups in total. The van der Waals surface area contributed by atoms with Gasteiger partial charge in [0.25, 0.3) is 0 Å². The fourth-order valence-corrected chi connectivity index (χ4v) is 0.704. The van der Waals surface area contributed by atoms with Gasteiger partial charge in [-0.3, -0.25) is 4.79 Å². The Bertz CT molecular complexity index is 130. The lowest BCUT2D eigenvalue weighted by atomic mass is 9.95. The molecule has 0 aromatic heterocycles. The van der Waals surface area contributed by atoms with Gasteiger partial charge >= 0.3 is 0 Å². The zero-order chi connectivity index (χ0) is 9.02. The molecule has 0 spiro atoms. The minimum absolute atomic E-state index is 0.0323. The molecule has 66 valence electrons. The fourth-order valence-electron chi connectivity index (χ4n) is 0.704. The molecule has 0 amide bonds. The van der Waals surface area contributed by atoms with Crippen LogP contribution in [-0.2, 0) is 4.79 Å². The Morgan fingerprint density at radius 3 is 2.00 bits per heavy atom. The van der Waals surface area contributed by atoms with E-state index in [4.69, 9.17) is 5.73 Å². The van der Waals surface area contributed by atoms with Crippen molar-refractivity contribution in [2.45, 2.75) is 40.2 Å². The molecule has 0 saturated carbocycles. The molecular weight excluding hydrogens is 138 g/mol. The third-order valence-electron chi connectivity index (χ3n) is 1.94. The van der Waals surface area contributed by atoms with Crippen LogP contribution in [-0.4, -0.2) is 11.8 Å². The first-order chi connectivity index (χ1) is 4.95. The normalized spacial score (nSPS) is 14.1. The van der Waals surface area contributed by atoms with Crippen molar-refractivity contribution in [1.82, 2.24) is 0 Å². The lowest BCUT2D eigenvalue weighted by Crippen LogP contribution is -2.30. The van der Waals surface area contributed by atoms with Crippen molar-refractivity contribution in [3.8, 4) is 0 Å². The maximum atomic E-state index is 11.2. The highest BCUT2D eigenvalue weighted by molar-refractivity contribution is 5.80. The zero-order valence-electron chi connectivity index (χ0n) is 7.92. The Hall–Kier alpha value is -0.370. The first-order valence-electron chi connectivity index (χ1n) is 4.23. The Balaban J connectivity index is 3.76. The van der Waals surface area contributed by atoms with Crippen LogP contribution < -0.4 is 5.73 Å². The molecule has 0 saturated heterocycles. The van der Waals surface area contributed by atoms with E-state index in [1.807, 2.05) is 27.7 Å². The second-order valence-electron chi connectivity index (χ2n) is 3.73. The van der Waals surface area contributed by atoms with E-state index in [0.717, 1.165) is 0 Å². The van der Waals surface area contributed by atoms with Crippen LogP contribution in [0.25, 0.3) is 0 Å². The summed E-state index contributed by atoms with van der Waals surface area (Å²) in [5.41, 5.74) is 5.73. The number of ketones is 1. The number of nitrogens with two attached hydrogens (primary N) is 1. The van der Waals surface area contributed by atoms with Crippen molar-refractivity contribution in [2.24, 2.45) is 17.6 Å². The van der Waals surface area contributed by atoms with Crippen LogP contribution in [0.4, 0.5) is 0 Å². The molecule has 11 heavy (non-hydrogen) atoms. The van der Waals surface area contributed by atoms with Gasteiger partial charge < -0.3 is 5.73 Å². The predicted octanol–water partition coefficient (Wildman–Crippen LogP) is 1.58. The van der Waals surface area contributed by atoms with Gasteiger partial charge in [-0.25, -0.2) is 0 Å². The molecule has 2 nitrogen and oxygen atoms in total. The summed E-state index contributed by atoms with van der Waals surface area (Å²) in [6, 6.07) is 0.0323. The first-order valence-corrected chi connectivity index (χ1v) is 4.23. The third-order valence-corrected chi connectivity index (χ3v) is 1.94. The Kier molecular flexibility index (Phi) is 4.34. The van der Waals surface area contributed by atoms with Gasteiger partial charge in [-0.05, 0) is 5.92 Å². The van der Waals surface area contributed by atoms with E-state index in [0.29, 0.717) is 12.3 Å². The summed E-state index contributed by atoms with van der Waals surface area (Å²) in [5.74, 6) is 0.795. The van der Waals surface area contributed by atoms with E-state index >= 15 is 0 Å². The van der Waals surface area contributed by atoms with Crippen molar-refractivity contribution >= 4 is 5.78 Å². The quantitative estimate of drug-likeness (QED) is 0.673. The van der Waals surface area contributed by atoms with Crippen LogP contribution in [0.1, 0.15) is 34.1 Å². The molecule has 2 heteroatoms. The first kappa shape index (κ1) is 10.6. The number of rotatable bonds is 4. The van der Waals surface area contributed by atoms with Crippen LogP contribution in [0.3, 0.4) is 0 Å². The van der Waals surface area contributed by atoms with E-state index in [2.05, 4.69) is 0 Å². The summed E-state index contributed by atoms with van der Waals surface area (Å²) in [5, 5.41) is 0. The van der Waals surface area contributed by atoms with Crippen molar-refractivity contribution in [3.05, 3.63) is 0 Å². The number of carbonyl (C=O) groups is 1. The molecule has 0 heterocycles. The van der Waals surface area contributed by atoms with E-state index in [1.54, 1.807) is 0 Å². The molecule has 0 aromatic rings. The van der Waals surface area contributed by atoms with E-state index < -0.39 is 0 Å². The Morgan fingerprint density at radius 1 is 1.27 bits per heavy atom. The van der Waals surface area contributed by atoms with Gasteiger partial charge in [0, 0.05) is 18.4 Å². The predicted molar refractivity (Wildman–Crippen MR) is 47.3 cm³/mol. The van der Waals surface area contributed by atoms with Crippen LogP contribution in [0.2, 0.25) is 0 Å². The maximum Gasteiger partial charge on any atom is 0.136 e. The molecule has 0 rings (SSSR count). The highest BCUT2D eigenvalue weighted by Gasteiger charge is 2.14. The largest absolute Gasteiger partial charge is 0.327 e. The monoisotopic (exact) mass is 157 g/mol. The van der Waals surface area contributed by atoms with Gasteiger partial charge in [-0.2, -0.15) is 0 Å². The number of hydrogen-bond acceptors (Lipinski definition) is 2. The number of hydrogen-bond donors (Lipinski definition) is 1. The molecule has 0 aliphatic carbocycles. The Morgan fingerprint density at radius 2 is 1.73 bits per heavy atom. The van der Waals surface area contributed by atoms with Gasteiger partial charge in [0.1, 0.15) is 5.78 Å². The van der Waals surface area contributed by atoms with Gasteiger partial charge in [0.15, 0.2) is 0 Å². The van der Waals surface area contributed by atoms with Crippen LogP contribution in [0.15, 0.2) is 0 Å². The summed E-state index contributed by atoms with van der Waals surface area (Å²) < 4.78 is 0. The second-order valence-corrected chi connectivity index (χ2v) is 3.73. The van der Waals surface area contributed by atoms with E-state index in [-0.39, 0.29) is 17.7 Å². The van der Waals surface area contributed by atoms with Crippen molar-refractivity contribution < 1.29 is 4.79 Å². The zero-order valence-corrected chi connectivity index (χ0v) is 7.92. The molecule has 0 radical (unpaired) electrons. The average Bonchev–Trinajstić information content (AvgIpc) is 1.87. The van der Waals surface area contributed by atoms with Gasteiger partial charge in [-0.15, -0.1) is 0 Å². The highest BCUT2D eigenvalue weighted by Crippen LogP contribution is 2.07. The van der Waals surface area contributed by atoms with Crippen molar-refractivity contribution in [3.63, 3.8) is 0 Å². The smallest absolute Gasteiger partial charge is 0.136 e. The molecule has 0 aliphatic heterocycles. The summed E-state index contributed by atoms with van der Waals surface area (Å²) in [7, 11) is 0. The third kappa shape index (κ3) is 4.14. The minimum Gasteiger partial charge on any atom is -0.327 e. The van der Waals surface area contributed by atoms with Gasteiger partial charge in [0.2, 0.25) is 0 Å². The van der Waals surface area contributed by atoms with Crippen molar-refractivity contribution in [1.29, 1.82) is 0 Å². The second kappa shape index (κ2) is 4.50. The molecular formula is C9H19NO. The van der Waals surface area contributed by atoms with Crippen LogP contribution in [0.5, 0.6) is 0 Å². The van der Waals surface area contributed by atoms with Crippen LogP contribution >= 0.6 is 0 Å². The topological polar surface area (TPSA) is 43.1 Å². The summed E-state index contributed by atoms with van der Waals surface area (Å²) in [4.78, 5) is 11.2. The standard InChI is InChI=1S/C9H19NO/c1-6(2)8(10)5-9(11)7(3)4/h6-8H,5,10H2,1-4H3/t8-/m0/s1. The lowest BCUT2D eigenvalue weighted by molar-refractivity contribution is -0.122. The number of Topliss-reactive ketones (excluding diaryl/α,β-unsaturated/α-hetero) is 1. The van der Waals surface area contributed by atoms with Gasteiger partial charge in [0.05, 0.1) is 0 Å². The molecule has 0 fully saturated rings. The molecule has 0 aromatic carbocycles. The molecule has 0 unspecified atom stereocenters. The van der Waals surface area contributed by atoms with E-state index in [1.165, 1.54) is 0 Å². The average molecular weight is 157 g/mol. The van der Waals surface area contributed by atoms with Gasteiger partial charge in [-0.1, -0.05) is 27.7 Å². The lowest BCUT2D eigenvalue weighted by Gasteiger charge is -2.15. The highest BCUT2D eigenvalue weighted by atomic mass is 16.1. The molecule has 0 aliphatic rings. The van der Waals surface area contributed by atoms with Crippen molar-refractivity contribution in [2.75, 3.05) is 0 Å². The summed E-state index contributed by atoms with van der Waals surface area (Å²) in [6.07, 6.45) is 0.523. The molecule has 0 bridgehead atoms. The van der Waals surface area contributed by atoms with E-state index in [9.17, 15) is 4.79 Å². The van der Waals surface area contributed by atoms with Crippen LogP contribution in [0, 0.1) is 11.8 Å². The SMILES string of the molecule is CC(C)C(=O)C[C@H](N)C(C)C. The summed E-state index contributed by atoms with van der Waals surface area (Å²) in [6.45, 7) is 7.90. The minimum atomic E-state index is 0.0323. The maximum absolute atomic E-state index is 11.2. The number of carbonyl (C=O) groups excluding carboxylic acids is 1.